The van der Waals surface area contributed by atoms with E-state index in [-0.39, 0.29) is 11.7 Å². The Morgan fingerprint density at radius 1 is 1.22 bits per heavy atom. The molecule has 0 spiro atoms. The third-order valence-electron chi connectivity index (χ3n) is 3.94. The van der Waals surface area contributed by atoms with Crippen LogP contribution in [0.15, 0.2) is 22.7 Å². The first kappa shape index (κ1) is 14.0. The second kappa shape index (κ2) is 5.70. The first-order valence-corrected chi connectivity index (χ1v) is 7.39. The second-order valence-electron chi connectivity index (χ2n) is 5.79. The molecule has 1 aromatic carbocycles. The number of hydrogen-bond donors (Lipinski definition) is 1. The minimum absolute atomic E-state index is 0.238. The van der Waals surface area contributed by atoms with Crippen LogP contribution in [0.2, 0.25) is 0 Å². The van der Waals surface area contributed by atoms with E-state index < -0.39 is 6.10 Å². The van der Waals surface area contributed by atoms with E-state index in [1.54, 1.807) is 6.07 Å². The summed E-state index contributed by atoms with van der Waals surface area (Å²) in [5, 5.41) is 10.5. The predicted molar refractivity (Wildman–Crippen MR) is 74.7 cm³/mol. The van der Waals surface area contributed by atoms with E-state index in [1.807, 2.05) is 0 Å². The Hall–Kier alpha value is -0.410. The summed E-state index contributed by atoms with van der Waals surface area (Å²) in [6, 6.07) is 4.52. The molecule has 3 heteroatoms. The lowest BCUT2D eigenvalue weighted by atomic mass is 9.73. The van der Waals surface area contributed by atoms with Crippen molar-refractivity contribution in [1.29, 1.82) is 0 Å². The van der Waals surface area contributed by atoms with E-state index >= 15 is 0 Å². The molecule has 3 atom stereocenters. The van der Waals surface area contributed by atoms with Crippen LogP contribution in [0, 0.1) is 23.6 Å². The number of hydrogen-bond acceptors (Lipinski definition) is 1. The molecule has 1 aromatic rings. The minimum Gasteiger partial charge on any atom is -0.388 e. The van der Waals surface area contributed by atoms with Gasteiger partial charge in [-0.1, -0.05) is 29.8 Å². The first-order chi connectivity index (χ1) is 8.47. The van der Waals surface area contributed by atoms with E-state index in [0.29, 0.717) is 17.4 Å². The molecule has 3 unspecified atom stereocenters. The lowest BCUT2D eigenvalue weighted by Crippen LogP contribution is -2.25. The lowest BCUT2D eigenvalue weighted by molar-refractivity contribution is 0.0545. The summed E-state index contributed by atoms with van der Waals surface area (Å²) in [5.74, 6) is 1.23. The Balaban J connectivity index is 2.19. The smallest absolute Gasteiger partial charge is 0.123 e. The van der Waals surface area contributed by atoms with Gasteiger partial charge in [-0.15, -0.1) is 0 Å². The highest BCUT2D eigenvalue weighted by atomic mass is 79.9. The van der Waals surface area contributed by atoms with Gasteiger partial charge in [-0.2, -0.15) is 0 Å². The van der Waals surface area contributed by atoms with Crippen molar-refractivity contribution in [2.75, 3.05) is 0 Å². The van der Waals surface area contributed by atoms with Crippen molar-refractivity contribution >= 4 is 15.9 Å². The highest BCUT2D eigenvalue weighted by molar-refractivity contribution is 9.10. The molecule has 0 heterocycles. The van der Waals surface area contributed by atoms with Gasteiger partial charge in [-0.25, -0.2) is 4.39 Å². The van der Waals surface area contributed by atoms with Gasteiger partial charge in [0.05, 0.1) is 6.10 Å². The molecule has 1 saturated carbocycles. The Kier molecular flexibility index (Phi) is 4.44. The normalized spacial score (nSPS) is 30.2. The minimum atomic E-state index is -0.569. The molecule has 1 fully saturated rings. The van der Waals surface area contributed by atoms with Crippen molar-refractivity contribution < 1.29 is 9.50 Å². The molecule has 0 saturated heterocycles. The highest BCUT2D eigenvalue weighted by Gasteiger charge is 2.30. The van der Waals surface area contributed by atoms with Crippen molar-refractivity contribution in [3.05, 3.63) is 34.1 Å². The van der Waals surface area contributed by atoms with E-state index in [1.165, 1.54) is 18.6 Å². The van der Waals surface area contributed by atoms with Crippen LogP contribution in [-0.4, -0.2) is 5.11 Å². The fourth-order valence-corrected chi connectivity index (χ4v) is 3.74. The first-order valence-electron chi connectivity index (χ1n) is 6.60. The lowest BCUT2D eigenvalue weighted by Gasteiger charge is -2.34. The molecule has 18 heavy (non-hydrogen) atoms. The fraction of sp³-hybridized carbons (Fsp3) is 0.600. The largest absolute Gasteiger partial charge is 0.388 e. The average molecular weight is 315 g/mol. The van der Waals surface area contributed by atoms with E-state index in [4.69, 9.17) is 0 Å². The number of halogens is 2. The summed E-state index contributed by atoms with van der Waals surface area (Å²) in [5.41, 5.74) is 0.682. The molecule has 0 bridgehead atoms. The standard InChI is InChI=1S/C15H20BrFO/c1-9-5-10(2)7-11(6-9)15(18)13-8-12(17)3-4-14(13)16/h3-4,8-11,15,18H,5-7H2,1-2H3. The van der Waals surface area contributed by atoms with E-state index in [0.717, 1.165) is 17.3 Å². The summed E-state index contributed by atoms with van der Waals surface area (Å²) >= 11 is 3.40. The molecule has 100 valence electrons. The van der Waals surface area contributed by atoms with Crippen molar-refractivity contribution in [2.45, 2.75) is 39.2 Å². The van der Waals surface area contributed by atoms with E-state index in [2.05, 4.69) is 29.8 Å². The number of benzene rings is 1. The maximum atomic E-state index is 13.3. The molecule has 0 radical (unpaired) electrons. The van der Waals surface area contributed by atoms with Crippen LogP contribution >= 0.6 is 15.9 Å². The van der Waals surface area contributed by atoms with Crippen LogP contribution in [-0.2, 0) is 0 Å². The Morgan fingerprint density at radius 2 is 1.83 bits per heavy atom. The van der Waals surface area contributed by atoms with Gasteiger partial charge in [0.15, 0.2) is 0 Å². The summed E-state index contributed by atoms with van der Waals surface area (Å²) < 4.78 is 14.1. The summed E-state index contributed by atoms with van der Waals surface area (Å²) in [6.07, 6.45) is 2.71. The molecule has 1 N–H and O–H groups in total. The number of aliphatic hydroxyl groups excluding tert-OH is 1. The van der Waals surface area contributed by atoms with E-state index in [9.17, 15) is 9.50 Å². The summed E-state index contributed by atoms with van der Waals surface area (Å²) in [6.45, 7) is 4.46. The van der Waals surface area contributed by atoms with Crippen LogP contribution < -0.4 is 0 Å². The monoisotopic (exact) mass is 314 g/mol. The molecule has 1 aliphatic rings. The molecular formula is C15H20BrFO. The van der Waals surface area contributed by atoms with Crippen LogP contribution in [0.4, 0.5) is 4.39 Å². The molecule has 0 amide bonds. The third kappa shape index (κ3) is 3.12. The summed E-state index contributed by atoms with van der Waals surface area (Å²) in [4.78, 5) is 0. The molecular weight excluding hydrogens is 295 g/mol. The maximum absolute atomic E-state index is 13.3. The topological polar surface area (TPSA) is 20.2 Å². The fourth-order valence-electron chi connectivity index (χ4n) is 3.26. The third-order valence-corrected chi connectivity index (χ3v) is 4.66. The molecule has 1 aliphatic carbocycles. The highest BCUT2D eigenvalue weighted by Crippen LogP contribution is 2.41. The Morgan fingerprint density at radius 3 is 2.44 bits per heavy atom. The van der Waals surface area contributed by atoms with Gasteiger partial charge in [0.2, 0.25) is 0 Å². The zero-order chi connectivity index (χ0) is 13.3. The van der Waals surface area contributed by atoms with Crippen molar-refractivity contribution in [3.63, 3.8) is 0 Å². The van der Waals surface area contributed by atoms with Crippen LogP contribution in [0.1, 0.15) is 44.8 Å². The van der Waals surface area contributed by atoms with Crippen LogP contribution in [0.25, 0.3) is 0 Å². The van der Waals surface area contributed by atoms with Crippen molar-refractivity contribution in [1.82, 2.24) is 0 Å². The van der Waals surface area contributed by atoms with Crippen molar-refractivity contribution in [2.24, 2.45) is 17.8 Å². The van der Waals surface area contributed by atoms with Crippen LogP contribution in [0.3, 0.4) is 0 Å². The zero-order valence-electron chi connectivity index (χ0n) is 10.9. The Labute approximate surface area is 117 Å². The van der Waals surface area contributed by atoms with Gasteiger partial charge in [0.25, 0.3) is 0 Å². The van der Waals surface area contributed by atoms with Gasteiger partial charge in [0, 0.05) is 4.47 Å². The number of rotatable bonds is 2. The van der Waals surface area contributed by atoms with Gasteiger partial charge in [-0.05, 0) is 60.8 Å². The van der Waals surface area contributed by atoms with Gasteiger partial charge in [-0.3, -0.25) is 0 Å². The molecule has 1 nitrogen and oxygen atoms in total. The Bertz CT molecular complexity index is 411. The molecule has 0 aromatic heterocycles. The quantitative estimate of drug-likeness (QED) is 0.839. The van der Waals surface area contributed by atoms with Crippen LogP contribution in [0.5, 0.6) is 0 Å². The SMILES string of the molecule is CC1CC(C)CC(C(O)c2cc(F)ccc2Br)C1. The van der Waals surface area contributed by atoms with Crippen molar-refractivity contribution in [3.8, 4) is 0 Å². The number of aliphatic hydroxyl groups is 1. The molecule has 2 rings (SSSR count). The van der Waals surface area contributed by atoms with Gasteiger partial charge in [0.1, 0.15) is 5.82 Å². The summed E-state index contributed by atoms with van der Waals surface area (Å²) in [7, 11) is 0. The predicted octanol–water partition coefficient (Wildman–Crippen LogP) is 4.69. The maximum Gasteiger partial charge on any atom is 0.123 e. The van der Waals surface area contributed by atoms with Gasteiger partial charge < -0.3 is 5.11 Å². The molecule has 0 aliphatic heterocycles. The van der Waals surface area contributed by atoms with Gasteiger partial charge >= 0.3 is 0 Å². The second-order valence-corrected chi connectivity index (χ2v) is 6.64. The average Bonchev–Trinajstić information content (AvgIpc) is 2.30. The zero-order valence-corrected chi connectivity index (χ0v) is 12.5.